The van der Waals surface area contributed by atoms with Gasteiger partial charge in [-0.05, 0) is 24.3 Å². The smallest absolute Gasteiger partial charge is 0.345 e. The summed E-state index contributed by atoms with van der Waals surface area (Å²) in [4.78, 5) is 34.8. The minimum Gasteiger partial charge on any atom is -0.486 e. The monoisotopic (exact) mass is 377 g/mol. The molecule has 0 bridgehead atoms. The molecule has 9 heteroatoms. The second-order valence-corrected chi connectivity index (χ2v) is 5.71. The molecule has 26 heavy (non-hydrogen) atoms. The fourth-order valence-corrected chi connectivity index (χ4v) is 2.45. The lowest BCUT2D eigenvalue weighted by molar-refractivity contribution is -0.385. The average Bonchev–Trinajstić information content (AvgIpc) is 2.65. The molecule has 0 aliphatic carbocycles. The maximum atomic E-state index is 12.2. The standard InChI is InChI=1S/C17H12ClNO7/c18-11-3-1-10(2-4-11)14(20)9-26-17(21)12-7-15-16(25-6-5-24-15)8-13(12)19(22)23/h1-4,7-8H,5-6,9H2. The highest BCUT2D eigenvalue weighted by Crippen LogP contribution is 2.36. The third-order valence-electron chi connectivity index (χ3n) is 3.58. The molecule has 0 radical (unpaired) electrons. The van der Waals surface area contributed by atoms with Crippen molar-refractivity contribution < 1.29 is 28.7 Å². The zero-order valence-electron chi connectivity index (χ0n) is 13.3. The van der Waals surface area contributed by atoms with Gasteiger partial charge in [0, 0.05) is 16.7 Å². The maximum absolute atomic E-state index is 12.2. The van der Waals surface area contributed by atoms with Crippen molar-refractivity contribution in [2.75, 3.05) is 19.8 Å². The fourth-order valence-electron chi connectivity index (χ4n) is 2.32. The van der Waals surface area contributed by atoms with Crippen LogP contribution >= 0.6 is 11.6 Å². The topological polar surface area (TPSA) is 105 Å². The lowest BCUT2D eigenvalue weighted by Crippen LogP contribution is -2.18. The number of nitrogens with zero attached hydrogens (tertiary/aromatic N) is 1. The zero-order valence-corrected chi connectivity index (χ0v) is 14.0. The quantitative estimate of drug-likeness (QED) is 0.341. The summed E-state index contributed by atoms with van der Waals surface area (Å²) in [6.45, 7) is -0.0516. The molecule has 0 amide bonds. The minimum absolute atomic E-state index is 0.178. The third-order valence-corrected chi connectivity index (χ3v) is 3.83. The Morgan fingerprint density at radius 1 is 1.12 bits per heavy atom. The fraction of sp³-hybridized carbons (Fsp3) is 0.176. The Kier molecular flexibility index (Phi) is 5.04. The molecule has 0 fully saturated rings. The van der Waals surface area contributed by atoms with E-state index in [9.17, 15) is 19.7 Å². The van der Waals surface area contributed by atoms with E-state index in [2.05, 4.69) is 0 Å². The molecule has 3 rings (SSSR count). The molecule has 2 aromatic carbocycles. The van der Waals surface area contributed by atoms with E-state index in [1.165, 1.54) is 30.3 Å². The third kappa shape index (κ3) is 3.75. The number of hydrogen-bond acceptors (Lipinski definition) is 7. The van der Waals surface area contributed by atoms with Crippen LogP contribution in [0.2, 0.25) is 5.02 Å². The van der Waals surface area contributed by atoms with Gasteiger partial charge in [-0.3, -0.25) is 14.9 Å². The molecule has 0 spiro atoms. The van der Waals surface area contributed by atoms with Gasteiger partial charge in [0.25, 0.3) is 5.69 Å². The molecular formula is C17H12ClNO7. The van der Waals surface area contributed by atoms with Gasteiger partial charge in [-0.2, -0.15) is 0 Å². The predicted octanol–water partition coefficient (Wildman–Crippen LogP) is 3.06. The molecule has 0 saturated heterocycles. The number of benzene rings is 2. The highest BCUT2D eigenvalue weighted by molar-refractivity contribution is 6.30. The van der Waals surface area contributed by atoms with Crippen LogP contribution in [-0.2, 0) is 4.74 Å². The average molecular weight is 378 g/mol. The summed E-state index contributed by atoms with van der Waals surface area (Å²) in [6, 6.07) is 8.33. The van der Waals surface area contributed by atoms with Crippen molar-refractivity contribution in [2.24, 2.45) is 0 Å². The Labute approximate surface area is 152 Å². The molecular weight excluding hydrogens is 366 g/mol. The van der Waals surface area contributed by atoms with E-state index >= 15 is 0 Å². The molecule has 1 aliphatic heterocycles. The molecule has 8 nitrogen and oxygen atoms in total. The van der Waals surface area contributed by atoms with Crippen molar-refractivity contribution in [1.29, 1.82) is 0 Å². The van der Waals surface area contributed by atoms with Crippen LogP contribution in [-0.4, -0.2) is 36.5 Å². The molecule has 134 valence electrons. The number of halogens is 1. The second kappa shape index (κ2) is 7.40. The normalized spacial score (nSPS) is 12.3. The van der Waals surface area contributed by atoms with Gasteiger partial charge in [-0.15, -0.1) is 0 Å². The minimum atomic E-state index is -1.00. The van der Waals surface area contributed by atoms with Crippen molar-refractivity contribution in [2.45, 2.75) is 0 Å². The van der Waals surface area contributed by atoms with Gasteiger partial charge in [0.05, 0.1) is 11.0 Å². The van der Waals surface area contributed by atoms with Gasteiger partial charge in [-0.25, -0.2) is 4.79 Å². The number of esters is 1. The van der Waals surface area contributed by atoms with E-state index in [0.29, 0.717) is 10.6 Å². The number of rotatable bonds is 5. The largest absolute Gasteiger partial charge is 0.486 e. The van der Waals surface area contributed by atoms with E-state index in [1.54, 1.807) is 0 Å². The van der Waals surface area contributed by atoms with Gasteiger partial charge in [0.15, 0.2) is 23.9 Å². The van der Waals surface area contributed by atoms with Crippen molar-refractivity contribution in [3.63, 3.8) is 0 Å². The Morgan fingerprint density at radius 3 is 2.35 bits per heavy atom. The van der Waals surface area contributed by atoms with E-state index in [0.717, 1.165) is 6.07 Å². The summed E-state index contributed by atoms with van der Waals surface area (Å²) in [5.41, 5.74) is -0.500. The Bertz CT molecular complexity index is 879. The number of Topliss-reactive ketones (excluding diaryl/α,β-unsaturated/α-hetero) is 1. The highest BCUT2D eigenvalue weighted by Gasteiger charge is 2.27. The SMILES string of the molecule is O=C(COC(=O)c1cc2c(cc1[N+](=O)[O-])OCCO2)c1ccc(Cl)cc1. The highest BCUT2D eigenvalue weighted by atomic mass is 35.5. The number of fused-ring (bicyclic) bond motifs is 1. The summed E-state index contributed by atoms with van der Waals surface area (Å²) in [5.74, 6) is -1.08. The molecule has 0 saturated carbocycles. The number of nitro groups is 1. The van der Waals surface area contributed by atoms with Crippen LogP contribution in [0.3, 0.4) is 0 Å². The summed E-state index contributed by atoms with van der Waals surface area (Å²) in [6.07, 6.45) is 0. The van der Waals surface area contributed by atoms with Gasteiger partial charge in [0.2, 0.25) is 0 Å². The number of ketones is 1. The first-order valence-electron chi connectivity index (χ1n) is 7.49. The Morgan fingerprint density at radius 2 is 1.73 bits per heavy atom. The number of carbonyl (C=O) groups excluding carboxylic acids is 2. The first kappa shape index (κ1) is 17.7. The van der Waals surface area contributed by atoms with E-state index < -0.39 is 29.0 Å². The second-order valence-electron chi connectivity index (χ2n) is 5.28. The summed E-state index contributed by atoms with van der Waals surface area (Å²) in [5, 5.41) is 11.7. The van der Waals surface area contributed by atoms with Gasteiger partial charge < -0.3 is 14.2 Å². The molecule has 0 N–H and O–H groups in total. The van der Waals surface area contributed by atoms with Gasteiger partial charge >= 0.3 is 5.97 Å². The van der Waals surface area contributed by atoms with Crippen LogP contribution in [0.25, 0.3) is 0 Å². The Hall–Kier alpha value is -3.13. The molecule has 2 aromatic rings. The molecule has 1 heterocycles. The first-order valence-corrected chi connectivity index (χ1v) is 7.87. The maximum Gasteiger partial charge on any atom is 0.345 e. The van der Waals surface area contributed by atoms with E-state index in [-0.39, 0.29) is 30.3 Å². The van der Waals surface area contributed by atoms with E-state index in [4.69, 9.17) is 25.8 Å². The van der Waals surface area contributed by atoms with Crippen LogP contribution < -0.4 is 9.47 Å². The predicted molar refractivity (Wildman–Crippen MR) is 90.2 cm³/mol. The van der Waals surface area contributed by atoms with E-state index in [1.807, 2.05) is 0 Å². The van der Waals surface area contributed by atoms with Crippen LogP contribution in [0.4, 0.5) is 5.69 Å². The Balaban J connectivity index is 1.77. The van der Waals surface area contributed by atoms with Crippen molar-refractivity contribution in [3.05, 3.63) is 62.7 Å². The van der Waals surface area contributed by atoms with Crippen LogP contribution in [0.1, 0.15) is 20.7 Å². The molecule has 0 unspecified atom stereocenters. The van der Waals surface area contributed by atoms with Crippen molar-refractivity contribution in [1.82, 2.24) is 0 Å². The lowest BCUT2D eigenvalue weighted by Gasteiger charge is -2.18. The number of ether oxygens (including phenoxy) is 3. The van der Waals surface area contributed by atoms with Crippen LogP contribution in [0.15, 0.2) is 36.4 Å². The van der Waals surface area contributed by atoms with Crippen molar-refractivity contribution >= 4 is 29.0 Å². The lowest BCUT2D eigenvalue weighted by atomic mass is 10.1. The van der Waals surface area contributed by atoms with Gasteiger partial charge in [0.1, 0.15) is 18.8 Å². The molecule has 1 aliphatic rings. The summed E-state index contributed by atoms with van der Waals surface area (Å²) >= 11 is 5.75. The molecule has 0 atom stereocenters. The molecule has 0 aromatic heterocycles. The first-order chi connectivity index (χ1) is 12.5. The summed E-state index contributed by atoms with van der Waals surface area (Å²) < 4.78 is 15.5. The number of hydrogen-bond donors (Lipinski definition) is 0. The van der Waals surface area contributed by atoms with Crippen LogP contribution in [0.5, 0.6) is 11.5 Å². The van der Waals surface area contributed by atoms with Crippen molar-refractivity contribution in [3.8, 4) is 11.5 Å². The number of nitro benzene ring substituents is 1. The number of carbonyl (C=O) groups is 2. The summed E-state index contributed by atoms with van der Waals surface area (Å²) in [7, 11) is 0. The zero-order chi connectivity index (χ0) is 18.7. The van der Waals surface area contributed by atoms with Crippen LogP contribution in [0, 0.1) is 10.1 Å². The van der Waals surface area contributed by atoms with Gasteiger partial charge in [-0.1, -0.05) is 11.6 Å².